The van der Waals surface area contributed by atoms with Crippen LogP contribution in [0.4, 0.5) is 0 Å². The highest BCUT2D eigenvalue weighted by molar-refractivity contribution is 5.77. The third-order valence-corrected chi connectivity index (χ3v) is 6.90. The summed E-state index contributed by atoms with van der Waals surface area (Å²) in [5.74, 6) is 1.70. The van der Waals surface area contributed by atoms with Crippen LogP contribution in [-0.4, -0.2) is 22.3 Å². The molecule has 0 aromatic rings. The molecule has 1 N–H and O–H groups in total. The maximum atomic E-state index is 12.8. The molecule has 3 nitrogen and oxygen atoms in total. The van der Waals surface area contributed by atoms with E-state index >= 15 is 0 Å². The average molecular weight is 294 g/mol. The summed E-state index contributed by atoms with van der Waals surface area (Å²) >= 11 is 0. The lowest BCUT2D eigenvalue weighted by molar-refractivity contribution is -0.292. The van der Waals surface area contributed by atoms with Crippen molar-refractivity contribution in [3.63, 3.8) is 0 Å². The SMILES string of the molecule is CC1(O)CC2CC3CC(OC(=O)C(C)(C)C(C)(C)C)(C1)C23. The second kappa shape index (κ2) is 4.04. The monoisotopic (exact) mass is 294 g/mol. The van der Waals surface area contributed by atoms with Gasteiger partial charge in [-0.2, -0.15) is 0 Å². The Balaban J connectivity index is 1.80. The van der Waals surface area contributed by atoms with Crippen LogP contribution in [-0.2, 0) is 9.53 Å². The summed E-state index contributed by atoms with van der Waals surface area (Å²) in [6.07, 6.45) is 3.65. The topological polar surface area (TPSA) is 46.5 Å². The fourth-order valence-electron chi connectivity index (χ4n) is 4.81. The predicted molar refractivity (Wildman–Crippen MR) is 81.6 cm³/mol. The van der Waals surface area contributed by atoms with Crippen LogP contribution >= 0.6 is 0 Å². The standard InChI is InChI=1S/C18H30O3/c1-15(2,3)16(4,5)14(19)21-18-9-12-7-11(13(12)18)8-17(6,20)10-18/h11-13,20H,7-10H2,1-6H3. The number of hydrogen-bond donors (Lipinski definition) is 1. The van der Waals surface area contributed by atoms with Crippen LogP contribution in [0.5, 0.6) is 0 Å². The number of rotatable bonds is 2. The van der Waals surface area contributed by atoms with Gasteiger partial charge in [-0.15, -0.1) is 0 Å². The van der Waals surface area contributed by atoms with Crippen molar-refractivity contribution in [2.24, 2.45) is 28.6 Å². The smallest absolute Gasteiger partial charge is 0.312 e. The molecule has 0 amide bonds. The van der Waals surface area contributed by atoms with E-state index in [-0.39, 0.29) is 17.0 Å². The summed E-state index contributed by atoms with van der Waals surface area (Å²) in [7, 11) is 0. The van der Waals surface area contributed by atoms with Gasteiger partial charge >= 0.3 is 5.97 Å². The number of ether oxygens (including phenoxy) is 1. The maximum absolute atomic E-state index is 12.8. The van der Waals surface area contributed by atoms with Crippen molar-refractivity contribution in [1.82, 2.24) is 0 Å². The molecular weight excluding hydrogens is 264 g/mol. The molecule has 0 saturated heterocycles. The van der Waals surface area contributed by atoms with Gasteiger partial charge in [0.25, 0.3) is 0 Å². The van der Waals surface area contributed by atoms with Gasteiger partial charge in [-0.1, -0.05) is 20.8 Å². The molecule has 21 heavy (non-hydrogen) atoms. The summed E-state index contributed by atoms with van der Waals surface area (Å²) in [4.78, 5) is 12.8. The Morgan fingerprint density at radius 1 is 1.14 bits per heavy atom. The van der Waals surface area contributed by atoms with Gasteiger partial charge in [-0.05, 0) is 57.3 Å². The minimum Gasteiger partial charge on any atom is -0.458 e. The average Bonchev–Trinajstić information content (AvgIpc) is 2.21. The number of aliphatic hydroxyl groups is 1. The van der Waals surface area contributed by atoms with E-state index in [1.165, 1.54) is 6.42 Å². The van der Waals surface area contributed by atoms with Crippen molar-refractivity contribution >= 4 is 5.97 Å². The molecule has 5 unspecified atom stereocenters. The summed E-state index contributed by atoms with van der Waals surface area (Å²) < 4.78 is 6.11. The highest BCUT2D eigenvalue weighted by Gasteiger charge is 2.70. The predicted octanol–water partition coefficient (Wildman–Crippen LogP) is 3.54. The lowest BCUT2D eigenvalue weighted by Gasteiger charge is -2.69. The Labute approximate surface area is 128 Å². The third-order valence-electron chi connectivity index (χ3n) is 6.90. The van der Waals surface area contributed by atoms with E-state index in [9.17, 15) is 9.90 Å². The molecular formula is C18H30O3. The fraction of sp³-hybridized carbons (Fsp3) is 0.944. The van der Waals surface area contributed by atoms with Crippen LogP contribution in [0.15, 0.2) is 0 Å². The van der Waals surface area contributed by atoms with Gasteiger partial charge in [-0.3, -0.25) is 4.79 Å². The first kappa shape index (κ1) is 15.3. The summed E-state index contributed by atoms with van der Waals surface area (Å²) in [5.41, 5.74) is -1.72. The third kappa shape index (κ3) is 2.07. The summed E-state index contributed by atoms with van der Waals surface area (Å²) in [6, 6.07) is 0. The fourth-order valence-corrected chi connectivity index (χ4v) is 4.81. The lowest BCUT2D eigenvalue weighted by Crippen LogP contribution is -2.72. The van der Waals surface area contributed by atoms with E-state index < -0.39 is 11.0 Å². The van der Waals surface area contributed by atoms with E-state index in [1.54, 1.807) is 0 Å². The molecule has 0 aromatic heterocycles. The molecule has 3 fully saturated rings. The van der Waals surface area contributed by atoms with Crippen molar-refractivity contribution in [3.05, 3.63) is 0 Å². The van der Waals surface area contributed by atoms with Gasteiger partial charge in [0.15, 0.2) is 0 Å². The first-order valence-corrected chi connectivity index (χ1v) is 8.34. The zero-order chi connectivity index (χ0) is 15.8. The zero-order valence-electron chi connectivity index (χ0n) is 14.3. The van der Waals surface area contributed by atoms with E-state index in [2.05, 4.69) is 20.8 Å². The second-order valence-electron chi connectivity index (χ2n) is 9.69. The Bertz CT molecular complexity index is 471. The minimum absolute atomic E-state index is 0.100. The van der Waals surface area contributed by atoms with Gasteiger partial charge < -0.3 is 9.84 Å². The van der Waals surface area contributed by atoms with Gasteiger partial charge in [0.1, 0.15) is 5.60 Å². The van der Waals surface area contributed by atoms with E-state index in [0.717, 1.165) is 18.8 Å². The Hall–Kier alpha value is -0.570. The normalized spacial score (nSPS) is 45.2. The molecule has 0 aromatic carbocycles. The summed E-state index contributed by atoms with van der Waals surface area (Å²) in [5, 5.41) is 10.5. The molecule has 5 atom stereocenters. The van der Waals surface area contributed by atoms with Crippen molar-refractivity contribution < 1.29 is 14.6 Å². The van der Waals surface area contributed by atoms with Crippen LogP contribution in [0.3, 0.4) is 0 Å². The van der Waals surface area contributed by atoms with Crippen LogP contribution < -0.4 is 0 Å². The van der Waals surface area contributed by atoms with E-state index in [1.807, 2.05) is 20.8 Å². The maximum Gasteiger partial charge on any atom is 0.312 e. The second-order valence-corrected chi connectivity index (χ2v) is 9.69. The molecule has 0 aliphatic heterocycles. The quantitative estimate of drug-likeness (QED) is 0.792. The van der Waals surface area contributed by atoms with Gasteiger partial charge in [0.05, 0.1) is 11.0 Å². The van der Waals surface area contributed by atoms with Crippen LogP contribution in [0, 0.1) is 28.6 Å². The molecule has 3 saturated carbocycles. The van der Waals surface area contributed by atoms with Crippen molar-refractivity contribution in [2.45, 2.75) is 78.4 Å². The van der Waals surface area contributed by atoms with E-state index in [0.29, 0.717) is 18.3 Å². The van der Waals surface area contributed by atoms with Crippen molar-refractivity contribution in [3.8, 4) is 0 Å². The molecule has 3 aliphatic carbocycles. The lowest BCUT2D eigenvalue weighted by atomic mass is 9.39. The van der Waals surface area contributed by atoms with Crippen LogP contribution in [0.25, 0.3) is 0 Å². The van der Waals surface area contributed by atoms with Gasteiger partial charge in [0.2, 0.25) is 0 Å². The molecule has 0 spiro atoms. The Morgan fingerprint density at radius 3 is 2.24 bits per heavy atom. The number of hydrogen-bond acceptors (Lipinski definition) is 3. The van der Waals surface area contributed by atoms with Crippen LogP contribution in [0.2, 0.25) is 0 Å². The number of carbonyl (C=O) groups excluding carboxylic acids is 1. The van der Waals surface area contributed by atoms with Gasteiger partial charge in [-0.25, -0.2) is 0 Å². The van der Waals surface area contributed by atoms with Crippen molar-refractivity contribution in [2.75, 3.05) is 0 Å². The Morgan fingerprint density at radius 2 is 1.71 bits per heavy atom. The first-order valence-electron chi connectivity index (χ1n) is 8.34. The zero-order valence-corrected chi connectivity index (χ0v) is 14.3. The number of carbonyl (C=O) groups is 1. The molecule has 3 heteroatoms. The molecule has 0 bridgehead atoms. The molecule has 0 heterocycles. The molecule has 3 rings (SSSR count). The van der Waals surface area contributed by atoms with Crippen LogP contribution in [0.1, 0.15) is 67.2 Å². The first-order chi connectivity index (χ1) is 9.38. The molecule has 120 valence electrons. The van der Waals surface area contributed by atoms with Gasteiger partial charge in [0, 0.05) is 12.3 Å². The molecule has 0 radical (unpaired) electrons. The number of esters is 1. The summed E-state index contributed by atoms with van der Waals surface area (Å²) in [6.45, 7) is 12.1. The Kier molecular flexibility index (Phi) is 2.95. The molecule has 3 aliphatic rings. The highest BCUT2D eigenvalue weighted by atomic mass is 16.6. The highest BCUT2D eigenvalue weighted by Crippen LogP contribution is 2.69. The van der Waals surface area contributed by atoms with E-state index in [4.69, 9.17) is 4.74 Å². The largest absolute Gasteiger partial charge is 0.458 e. The van der Waals surface area contributed by atoms with Crippen molar-refractivity contribution in [1.29, 1.82) is 0 Å². The minimum atomic E-state index is -0.682.